The third kappa shape index (κ3) is 6.23. The molecule has 0 aliphatic carbocycles. The van der Waals surface area contributed by atoms with Crippen LogP contribution in [0.15, 0.2) is 45.8 Å². The lowest BCUT2D eigenvalue weighted by Crippen LogP contribution is -2.56. The van der Waals surface area contributed by atoms with Crippen LogP contribution in [-0.4, -0.2) is 68.4 Å². The summed E-state index contributed by atoms with van der Waals surface area (Å²) in [6, 6.07) is 4.10. The third-order valence-electron chi connectivity index (χ3n) is 6.27. The number of aromatic nitrogens is 1. The van der Waals surface area contributed by atoms with Gasteiger partial charge in [-0.1, -0.05) is 13.0 Å². The number of pyridine rings is 1. The van der Waals surface area contributed by atoms with Gasteiger partial charge in [0.15, 0.2) is 0 Å². The Morgan fingerprint density at radius 3 is 2.97 bits per heavy atom. The number of hydrogen-bond acceptors (Lipinski definition) is 10. The minimum Gasteiger partial charge on any atom is -0.493 e. The number of amidine groups is 1. The first kappa shape index (κ1) is 24.8. The van der Waals surface area contributed by atoms with Crippen molar-refractivity contribution in [2.24, 2.45) is 10.2 Å². The van der Waals surface area contributed by atoms with Gasteiger partial charge in [0, 0.05) is 61.2 Å². The number of nitroso groups, excluding NO2 is 1. The summed E-state index contributed by atoms with van der Waals surface area (Å²) in [4.78, 5) is 33.1. The first-order valence-electron chi connectivity index (χ1n) is 12.1. The predicted octanol–water partition coefficient (Wildman–Crippen LogP) is 1.61. The molecule has 1 aromatic heterocycles. The van der Waals surface area contributed by atoms with Crippen molar-refractivity contribution in [2.75, 3.05) is 44.4 Å². The van der Waals surface area contributed by atoms with Crippen molar-refractivity contribution in [1.82, 2.24) is 20.9 Å². The summed E-state index contributed by atoms with van der Waals surface area (Å²) in [5.74, 6) is 1.79. The van der Waals surface area contributed by atoms with Gasteiger partial charge in [-0.2, -0.15) is 0 Å². The Morgan fingerprint density at radius 1 is 1.31 bits per heavy atom. The summed E-state index contributed by atoms with van der Waals surface area (Å²) in [5, 5.41) is 12.5. The zero-order chi connectivity index (χ0) is 24.6. The highest BCUT2D eigenvalue weighted by Gasteiger charge is 2.31. The lowest BCUT2D eigenvalue weighted by Gasteiger charge is -2.39. The summed E-state index contributed by atoms with van der Waals surface area (Å²) in [7, 11) is 0. The Balaban J connectivity index is 1.40. The lowest BCUT2D eigenvalue weighted by molar-refractivity contribution is -0.122. The van der Waals surface area contributed by atoms with E-state index in [9.17, 15) is 9.70 Å². The standard InChI is InChI=1S/C24H33N7O4/c1-3-17-12-18(35-11-5-10-34-15-22(32)30-33)13-21(28-17)31-9-6-20-19(16(31)2)14-27-24(29-20)23-25-7-4-8-26-23/h4,7,12-13,16,23,25-26H,3,5-6,8-11,14-15H2,1-2H3,(H,27,29). The fourth-order valence-electron chi connectivity index (χ4n) is 4.37. The molecule has 188 valence electrons. The summed E-state index contributed by atoms with van der Waals surface area (Å²) < 4.78 is 11.1. The Kier molecular flexibility index (Phi) is 8.43. The molecule has 0 saturated carbocycles. The molecule has 3 aliphatic heterocycles. The molecule has 4 heterocycles. The van der Waals surface area contributed by atoms with Crippen molar-refractivity contribution in [3.8, 4) is 5.75 Å². The number of aryl methyl sites for hydroxylation is 1. The van der Waals surface area contributed by atoms with E-state index < -0.39 is 5.91 Å². The first-order chi connectivity index (χ1) is 17.1. The number of aliphatic imine (C=N–C) groups is 1. The molecule has 3 aliphatic rings. The van der Waals surface area contributed by atoms with E-state index in [4.69, 9.17) is 19.5 Å². The molecule has 0 spiro atoms. The number of nitrogens with zero attached hydrogens (tertiary/aromatic N) is 4. The molecule has 35 heavy (non-hydrogen) atoms. The zero-order valence-electron chi connectivity index (χ0n) is 20.2. The Labute approximate surface area is 205 Å². The SMILES string of the molecule is CCc1cc(OCCCOCC(=O)N=O)cc(N2CCC3=C(CNC(C4NC=CCN4)=N3)C2C)n1. The zero-order valence-corrected chi connectivity index (χ0v) is 20.2. The van der Waals surface area contributed by atoms with Crippen molar-refractivity contribution >= 4 is 17.6 Å². The molecule has 4 rings (SSSR count). The Morgan fingerprint density at radius 2 is 2.20 bits per heavy atom. The number of hydrogen-bond donors (Lipinski definition) is 3. The molecule has 11 heteroatoms. The van der Waals surface area contributed by atoms with Crippen molar-refractivity contribution in [3.63, 3.8) is 0 Å². The van der Waals surface area contributed by atoms with Gasteiger partial charge in [-0.25, -0.2) is 9.98 Å². The summed E-state index contributed by atoms with van der Waals surface area (Å²) in [6.45, 7) is 7.14. The molecule has 2 unspecified atom stereocenters. The van der Waals surface area contributed by atoms with Crippen LogP contribution < -0.4 is 25.6 Å². The Hall–Kier alpha value is -3.31. The number of carbonyl (C=O) groups excluding carboxylic acids is 1. The van der Waals surface area contributed by atoms with Gasteiger partial charge >= 0.3 is 5.91 Å². The number of ether oxygens (including phenoxy) is 2. The van der Waals surface area contributed by atoms with Crippen LogP contribution in [0.1, 0.15) is 32.4 Å². The van der Waals surface area contributed by atoms with Crippen LogP contribution in [0.5, 0.6) is 5.75 Å². The molecule has 0 fully saturated rings. The molecular weight excluding hydrogens is 450 g/mol. The van der Waals surface area contributed by atoms with Crippen LogP contribution in [0.2, 0.25) is 0 Å². The summed E-state index contributed by atoms with van der Waals surface area (Å²) in [5.41, 5.74) is 3.41. The van der Waals surface area contributed by atoms with Gasteiger partial charge in [-0.15, -0.1) is 4.91 Å². The minimum absolute atomic E-state index is 0.0116. The van der Waals surface area contributed by atoms with Gasteiger partial charge in [-0.05, 0) is 25.1 Å². The van der Waals surface area contributed by atoms with Crippen molar-refractivity contribution in [2.45, 2.75) is 45.3 Å². The van der Waals surface area contributed by atoms with E-state index in [1.54, 1.807) is 0 Å². The smallest absolute Gasteiger partial charge is 0.311 e. The third-order valence-corrected chi connectivity index (χ3v) is 6.27. The van der Waals surface area contributed by atoms with Crippen LogP contribution in [0.25, 0.3) is 0 Å². The molecule has 0 radical (unpaired) electrons. The molecule has 1 aromatic rings. The van der Waals surface area contributed by atoms with E-state index in [2.05, 4.69) is 39.9 Å². The van der Waals surface area contributed by atoms with Crippen LogP contribution >= 0.6 is 0 Å². The largest absolute Gasteiger partial charge is 0.493 e. The van der Waals surface area contributed by atoms with E-state index in [-0.39, 0.29) is 18.8 Å². The lowest BCUT2D eigenvalue weighted by atomic mass is 9.96. The van der Waals surface area contributed by atoms with E-state index in [1.165, 1.54) is 5.57 Å². The summed E-state index contributed by atoms with van der Waals surface area (Å²) >= 11 is 0. The highest BCUT2D eigenvalue weighted by atomic mass is 16.5. The average Bonchev–Trinajstić information content (AvgIpc) is 2.90. The topological polar surface area (TPSA) is 130 Å². The number of amides is 1. The molecular formula is C24H33N7O4. The monoisotopic (exact) mass is 483 g/mol. The maximum atomic E-state index is 10.9. The van der Waals surface area contributed by atoms with E-state index in [0.717, 1.165) is 61.3 Å². The second-order valence-electron chi connectivity index (χ2n) is 8.60. The van der Waals surface area contributed by atoms with Gasteiger partial charge in [0.05, 0.1) is 19.3 Å². The molecule has 11 nitrogen and oxygen atoms in total. The van der Waals surface area contributed by atoms with Gasteiger partial charge in [-0.3, -0.25) is 10.1 Å². The minimum atomic E-state index is -0.805. The number of anilines is 1. The molecule has 0 saturated heterocycles. The van der Waals surface area contributed by atoms with Crippen molar-refractivity contribution in [1.29, 1.82) is 0 Å². The van der Waals surface area contributed by atoms with Crippen LogP contribution in [0.4, 0.5) is 5.82 Å². The van der Waals surface area contributed by atoms with Gasteiger partial charge in [0.2, 0.25) is 0 Å². The normalized spacial score (nSPS) is 21.5. The number of nitrogens with one attached hydrogen (secondary N) is 3. The van der Waals surface area contributed by atoms with Gasteiger partial charge in [0.1, 0.15) is 30.2 Å². The molecule has 0 bridgehead atoms. The molecule has 2 atom stereocenters. The second-order valence-corrected chi connectivity index (χ2v) is 8.60. The number of rotatable bonds is 10. The van der Waals surface area contributed by atoms with Crippen LogP contribution in [0.3, 0.4) is 0 Å². The predicted molar refractivity (Wildman–Crippen MR) is 133 cm³/mol. The summed E-state index contributed by atoms with van der Waals surface area (Å²) in [6.07, 6.45) is 6.27. The fraction of sp³-hybridized carbons (Fsp3) is 0.542. The maximum absolute atomic E-state index is 10.9. The average molecular weight is 484 g/mol. The van der Waals surface area contributed by atoms with Crippen molar-refractivity contribution < 1.29 is 14.3 Å². The van der Waals surface area contributed by atoms with Crippen LogP contribution in [0, 0.1) is 4.91 Å². The van der Waals surface area contributed by atoms with Crippen molar-refractivity contribution in [3.05, 3.63) is 46.3 Å². The number of carbonyl (C=O) groups is 1. The van der Waals surface area contributed by atoms with E-state index in [1.807, 2.05) is 24.4 Å². The molecule has 3 N–H and O–H groups in total. The highest BCUT2D eigenvalue weighted by Crippen LogP contribution is 2.32. The molecule has 0 aromatic carbocycles. The fourth-order valence-corrected chi connectivity index (χ4v) is 4.37. The van der Waals surface area contributed by atoms with Gasteiger partial charge < -0.3 is 25.0 Å². The maximum Gasteiger partial charge on any atom is 0.311 e. The molecule has 1 amide bonds. The van der Waals surface area contributed by atoms with Crippen LogP contribution in [-0.2, 0) is 16.0 Å². The quantitative estimate of drug-likeness (QED) is 0.336. The Bertz CT molecular complexity index is 1020. The highest BCUT2D eigenvalue weighted by molar-refractivity contribution is 5.89. The second kappa shape index (κ2) is 11.9. The first-order valence-corrected chi connectivity index (χ1v) is 12.1. The van der Waals surface area contributed by atoms with Gasteiger partial charge in [0.25, 0.3) is 0 Å². The van der Waals surface area contributed by atoms with E-state index >= 15 is 0 Å². The van der Waals surface area contributed by atoms with E-state index in [0.29, 0.717) is 19.6 Å².